The SMILES string of the molecule is O=C(NC12CC3CC(CC(C3)C1)C2)[N+]1(C([O-])=S)CCCC1. The molecular weight excluding hydrogens is 284 g/mol. The van der Waals surface area contributed by atoms with Gasteiger partial charge in [0.05, 0.1) is 13.1 Å². The maximum Gasteiger partial charge on any atom is 0.421 e. The van der Waals surface area contributed by atoms with E-state index in [1.54, 1.807) is 0 Å². The third-order valence-electron chi connectivity index (χ3n) is 6.48. The number of amides is 2. The second kappa shape index (κ2) is 4.66. The maximum atomic E-state index is 12.9. The smallest absolute Gasteiger partial charge is 0.421 e. The van der Waals surface area contributed by atoms with Crippen LogP contribution >= 0.6 is 12.2 Å². The topological polar surface area (TPSA) is 52.2 Å². The third-order valence-corrected chi connectivity index (χ3v) is 6.83. The van der Waals surface area contributed by atoms with Gasteiger partial charge in [0, 0.05) is 18.4 Å². The summed E-state index contributed by atoms with van der Waals surface area (Å²) in [7, 11) is 0. The molecular formula is C16H24N2O2S. The minimum Gasteiger partial charge on any atom is -0.822 e. The fourth-order valence-corrected chi connectivity index (χ4v) is 6.21. The van der Waals surface area contributed by atoms with Gasteiger partial charge in [0.25, 0.3) is 0 Å². The highest BCUT2D eigenvalue weighted by molar-refractivity contribution is 7.79. The van der Waals surface area contributed by atoms with Crippen molar-refractivity contribution in [3.05, 3.63) is 0 Å². The van der Waals surface area contributed by atoms with Gasteiger partial charge in [-0.2, -0.15) is 0 Å². The molecule has 1 heterocycles. The van der Waals surface area contributed by atoms with Crippen molar-refractivity contribution in [2.45, 2.75) is 56.9 Å². The zero-order valence-electron chi connectivity index (χ0n) is 12.5. The molecule has 4 bridgehead atoms. The summed E-state index contributed by atoms with van der Waals surface area (Å²) in [5.74, 6) is 2.38. The molecule has 1 saturated heterocycles. The number of quaternary nitrogens is 1. The Morgan fingerprint density at radius 3 is 1.95 bits per heavy atom. The monoisotopic (exact) mass is 308 g/mol. The van der Waals surface area contributed by atoms with Gasteiger partial charge in [0.1, 0.15) is 5.17 Å². The Morgan fingerprint density at radius 2 is 1.52 bits per heavy atom. The van der Waals surface area contributed by atoms with E-state index < -0.39 is 5.17 Å². The first-order valence-electron chi connectivity index (χ1n) is 8.43. The molecule has 0 aromatic heterocycles. The number of rotatable bonds is 1. The molecule has 5 fully saturated rings. The first kappa shape index (κ1) is 13.9. The molecule has 0 aromatic rings. The van der Waals surface area contributed by atoms with E-state index in [0.717, 1.165) is 49.9 Å². The van der Waals surface area contributed by atoms with Crippen LogP contribution < -0.4 is 10.4 Å². The number of carbonyl (C=O) groups is 1. The summed E-state index contributed by atoms with van der Waals surface area (Å²) in [5, 5.41) is 14.9. The van der Waals surface area contributed by atoms with Gasteiger partial charge >= 0.3 is 6.03 Å². The first-order chi connectivity index (χ1) is 10.0. The molecule has 21 heavy (non-hydrogen) atoms. The summed E-state index contributed by atoms with van der Waals surface area (Å²) in [6, 6.07) is -0.102. The van der Waals surface area contributed by atoms with Crippen molar-refractivity contribution in [1.29, 1.82) is 0 Å². The number of hydrogen-bond donors (Lipinski definition) is 1. The molecule has 4 nitrogen and oxygen atoms in total. The summed E-state index contributed by atoms with van der Waals surface area (Å²) >= 11 is 4.91. The minimum absolute atomic E-state index is 0.0234. The van der Waals surface area contributed by atoms with Crippen LogP contribution in [0.15, 0.2) is 0 Å². The summed E-state index contributed by atoms with van der Waals surface area (Å²) in [5.41, 5.74) is -0.0234. The van der Waals surface area contributed by atoms with Crippen LogP contribution in [0.25, 0.3) is 0 Å². The Balaban J connectivity index is 1.55. The van der Waals surface area contributed by atoms with E-state index in [-0.39, 0.29) is 16.1 Å². The molecule has 5 heteroatoms. The van der Waals surface area contributed by atoms with Crippen molar-refractivity contribution in [3.63, 3.8) is 0 Å². The van der Waals surface area contributed by atoms with Gasteiger partial charge in [-0.3, -0.25) is 5.32 Å². The third kappa shape index (κ3) is 2.12. The molecule has 0 unspecified atom stereocenters. The minimum atomic E-state index is -0.394. The number of hydrogen-bond acceptors (Lipinski definition) is 3. The number of nitrogens with one attached hydrogen (secondary N) is 1. The van der Waals surface area contributed by atoms with Crippen LogP contribution in [-0.2, 0) is 0 Å². The lowest BCUT2D eigenvalue weighted by molar-refractivity contribution is -0.773. The van der Waals surface area contributed by atoms with Gasteiger partial charge in [-0.15, -0.1) is 0 Å². The maximum absolute atomic E-state index is 12.9. The average Bonchev–Trinajstić information content (AvgIpc) is 2.86. The Bertz CT molecular complexity index is 449. The van der Waals surface area contributed by atoms with Crippen LogP contribution in [0.2, 0.25) is 0 Å². The molecule has 0 radical (unpaired) electrons. The van der Waals surface area contributed by atoms with Crippen molar-refractivity contribution in [2.24, 2.45) is 17.8 Å². The van der Waals surface area contributed by atoms with Crippen LogP contribution in [0.4, 0.5) is 4.79 Å². The van der Waals surface area contributed by atoms with Crippen LogP contribution in [0.5, 0.6) is 0 Å². The van der Waals surface area contributed by atoms with E-state index in [1.807, 2.05) is 0 Å². The summed E-state index contributed by atoms with van der Waals surface area (Å²) in [6.07, 6.45) is 9.29. The molecule has 1 aliphatic heterocycles. The van der Waals surface area contributed by atoms with Gasteiger partial charge in [-0.1, -0.05) is 0 Å². The second-order valence-electron chi connectivity index (χ2n) is 8.02. The average molecular weight is 308 g/mol. The fraction of sp³-hybridized carbons (Fsp3) is 0.875. The molecule has 1 N–H and O–H groups in total. The van der Waals surface area contributed by atoms with Gasteiger partial charge in [-0.05, 0) is 68.5 Å². The highest BCUT2D eigenvalue weighted by Crippen LogP contribution is 2.55. The number of nitrogens with zero attached hydrogens (tertiary/aromatic N) is 1. The van der Waals surface area contributed by atoms with Gasteiger partial charge < -0.3 is 5.11 Å². The molecule has 4 aliphatic carbocycles. The van der Waals surface area contributed by atoms with Crippen molar-refractivity contribution < 1.29 is 14.4 Å². The quantitative estimate of drug-likeness (QED) is 0.595. The van der Waals surface area contributed by atoms with E-state index in [9.17, 15) is 9.90 Å². The van der Waals surface area contributed by atoms with Crippen molar-refractivity contribution in [1.82, 2.24) is 5.32 Å². The van der Waals surface area contributed by atoms with E-state index in [0.29, 0.717) is 13.1 Å². The number of carbonyl (C=O) groups excluding carboxylic acids is 1. The number of likely N-dealkylation sites (tertiary alicyclic amines) is 1. The molecule has 0 aromatic carbocycles. The van der Waals surface area contributed by atoms with Crippen molar-refractivity contribution in [2.75, 3.05) is 13.1 Å². The zero-order valence-corrected chi connectivity index (χ0v) is 13.3. The van der Waals surface area contributed by atoms with Gasteiger partial charge in [-0.25, -0.2) is 9.28 Å². The predicted octanol–water partition coefficient (Wildman–Crippen LogP) is 1.92. The second-order valence-corrected chi connectivity index (χ2v) is 8.37. The number of thiocarbonyl (C=S) groups is 1. The van der Waals surface area contributed by atoms with Crippen molar-refractivity contribution >= 4 is 23.4 Å². The lowest BCUT2D eigenvalue weighted by Crippen LogP contribution is -2.68. The Labute approximate surface area is 131 Å². The summed E-state index contributed by atoms with van der Waals surface area (Å²) in [6.45, 7) is 1.20. The lowest BCUT2D eigenvalue weighted by atomic mass is 9.53. The van der Waals surface area contributed by atoms with E-state index in [2.05, 4.69) is 5.32 Å². The van der Waals surface area contributed by atoms with Crippen LogP contribution in [0, 0.1) is 17.8 Å². The van der Waals surface area contributed by atoms with E-state index in [1.165, 1.54) is 19.3 Å². The molecule has 5 rings (SSSR count). The van der Waals surface area contributed by atoms with Crippen molar-refractivity contribution in [3.8, 4) is 0 Å². The predicted molar refractivity (Wildman–Crippen MR) is 81.3 cm³/mol. The van der Waals surface area contributed by atoms with Crippen LogP contribution in [0.1, 0.15) is 51.4 Å². The Hall–Kier alpha value is -0.680. The normalized spacial score (nSPS) is 43.0. The zero-order chi connectivity index (χ0) is 14.7. The highest BCUT2D eigenvalue weighted by atomic mass is 32.1. The van der Waals surface area contributed by atoms with Crippen LogP contribution in [-0.4, -0.2) is 34.3 Å². The Kier molecular flexibility index (Phi) is 3.09. The molecule has 5 aliphatic rings. The molecule has 0 spiro atoms. The Morgan fingerprint density at radius 1 is 1.05 bits per heavy atom. The van der Waals surface area contributed by atoms with Gasteiger partial charge in [0.2, 0.25) is 0 Å². The molecule has 0 atom stereocenters. The molecule has 4 saturated carbocycles. The standard InChI is InChI=1S/C16H24N2O2S/c19-14(18(15(20)21)3-1-2-4-18)17-16-8-11-5-12(9-16)7-13(6-11)10-16/h11-13H,1-10H2,(H-,17,19,20,21). The highest BCUT2D eigenvalue weighted by Gasteiger charge is 2.54. The largest absolute Gasteiger partial charge is 0.822 e. The fourth-order valence-electron chi connectivity index (χ4n) is 5.94. The van der Waals surface area contributed by atoms with Crippen LogP contribution in [0.3, 0.4) is 0 Å². The first-order valence-corrected chi connectivity index (χ1v) is 8.84. The number of urea groups is 1. The molecule has 2 amide bonds. The summed E-state index contributed by atoms with van der Waals surface area (Å²) < 4.78 is -0.128. The van der Waals surface area contributed by atoms with E-state index in [4.69, 9.17) is 12.2 Å². The van der Waals surface area contributed by atoms with E-state index >= 15 is 0 Å². The van der Waals surface area contributed by atoms with Gasteiger partial charge in [0.15, 0.2) is 0 Å². The molecule has 116 valence electrons. The lowest BCUT2D eigenvalue weighted by Gasteiger charge is -2.57. The summed E-state index contributed by atoms with van der Waals surface area (Å²) in [4.78, 5) is 12.9.